The summed E-state index contributed by atoms with van der Waals surface area (Å²) in [6.07, 6.45) is 1.92. The number of aryl methyl sites for hydroxylation is 1. The van der Waals surface area contributed by atoms with E-state index in [4.69, 9.17) is 9.47 Å². The Balaban J connectivity index is 1.66. The fraction of sp³-hybridized carbons (Fsp3) is 0.258. The Morgan fingerprint density at radius 1 is 1.05 bits per heavy atom. The van der Waals surface area contributed by atoms with Gasteiger partial charge in [0.1, 0.15) is 5.75 Å². The van der Waals surface area contributed by atoms with Gasteiger partial charge in [-0.3, -0.25) is 9.36 Å². The van der Waals surface area contributed by atoms with Gasteiger partial charge < -0.3 is 14.0 Å². The summed E-state index contributed by atoms with van der Waals surface area (Å²) in [5.41, 5.74) is 5.63. The molecule has 5 rings (SSSR count). The van der Waals surface area contributed by atoms with Crippen LogP contribution in [0.25, 0.3) is 11.8 Å². The molecule has 0 aliphatic carbocycles. The van der Waals surface area contributed by atoms with Gasteiger partial charge in [-0.25, -0.2) is 9.79 Å². The molecule has 7 nitrogen and oxygen atoms in total. The highest BCUT2D eigenvalue weighted by molar-refractivity contribution is 14.1. The molecule has 4 aromatic rings. The summed E-state index contributed by atoms with van der Waals surface area (Å²) in [7, 11) is 0. The van der Waals surface area contributed by atoms with Crippen LogP contribution < -0.4 is 19.6 Å². The Labute approximate surface area is 250 Å². The van der Waals surface area contributed by atoms with Gasteiger partial charge in [-0.2, -0.15) is 0 Å². The monoisotopic (exact) mass is 667 g/mol. The molecule has 1 aliphatic heterocycles. The average Bonchev–Trinajstić information content (AvgIpc) is 3.38. The zero-order valence-corrected chi connectivity index (χ0v) is 26.0. The molecule has 0 unspecified atom stereocenters. The second kappa shape index (κ2) is 11.6. The number of allylic oxidation sites excluding steroid dienone is 1. The fourth-order valence-electron chi connectivity index (χ4n) is 5.08. The van der Waals surface area contributed by atoms with Gasteiger partial charge in [0.2, 0.25) is 0 Å². The number of benzene rings is 2. The van der Waals surface area contributed by atoms with E-state index < -0.39 is 12.0 Å². The van der Waals surface area contributed by atoms with Crippen molar-refractivity contribution in [3.05, 3.63) is 112 Å². The van der Waals surface area contributed by atoms with Crippen molar-refractivity contribution in [2.75, 3.05) is 13.2 Å². The fourth-order valence-corrected chi connectivity index (χ4v) is 6.48. The minimum atomic E-state index is -0.660. The molecule has 0 radical (unpaired) electrons. The van der Waals surface area contributed by atoms with E-state index in [9.17, 15) is 9.59 Å². The van der Waals surface area contributed by atoms with Gasteiger partial charge in [-0.05, 0) is 117 Å². The van der Waals surface area contributed by atoms with E-state index in [0.717, 1.165) is 34.0 Å². The van der Waals surface area contributed by atoms with Crippen LogP contribution in [0.5, 0.6) is 5.75 Å². The zero-order chi connectivity index (χ0) is 28.6. The normalized spacial score (nSPS) is 15.2. The molecular weight excluding hydrogens is 637 g/mol. The number of nitrogens with zero attached hydrogens (tertiary/aromatic N) is 3. The summed E-state index contributed by atoms with van der Waals surface area (Å²) >= 11 is 3.62. The SMILES string of the molecule is CCOC(=O)C1=C(C)N=c2s/c(=C\c3cc(C)n(-c4ccc(I)cc4)c3C)c(=O)n2[C@H]1c1ccc(OCC)cc1. The molecule has 0 spiro atoms. The number of carbonyl (C=O) groups is 1. The Bertz CT molecular complexity index is 1790. The molecule has 0 saturated heterocycles. The topological polar surface area (TPSA) is 74.8 Å². The number of halogens is 1. The van der Waals surface area contributed by atoms with Gasteiger partial charge in [0.25, 0.3) is 5.56 Å². The number of thiazole rings is 1. The third-order valence-corrected chi connectivity index (χ3v) is 8.57. The lowest BCUT2D eigenvalue weighted by atomic mass is 9.96. The number of esters is 1. The average molecular weight is 668 g/mol. The molecule has 9 heteroatoms. The van der Waals surface area contributed by atoms with Crippen LogP contribution >= 0.6 is 33.9 Å². The summed E-state index contributed by atoms with van der Waals surface area (Å²) in [5, 5.41) is 0. The van der Waals surface area contributed by atoms with E-state index in [-0.39, 0.29) is 12.2 Å². The maximum absolute atomic E-state index is 14.0. The van der Waals surface area contributed by atoms with Crippen LogP contribution in [0, 0.1) is 17.4 Å². The second-order valence-electron chi connectivity index (χ2n) is 9.44. The van der Waals surface area contributed by atoms with Crippen LogP contribution in [-0.4, -0.2) is 28.3 Å². The molecule has 0 saturated carbocycles. The Morgan fingerprint density at radius 3 is 2.40 bits per heavy atom. The van der Waals surface area contributed by atoms with Crippen molar-refractivity contribution in [3.63, 3.8) is 0 Å². The maximum Gasteiger partial charge on any atom is 0.338 e. The van der Waals surface area contributed by atoms with Crippen LogP contribution in [0.3, 0.4) is 0 Å². The van der Waals surface area contributed by atoms with Crippen molar-refractivity contribution in [3.8, 4) is 11.4 Å². The minimum Gasteiger partial charge on any atom is -0.494 e. The standard InChI is InChI=1S/C31H30IN3O4S/c1-6-38-25-14-8-21(9-15-25)28-27(30(37)39-7-2)19(4)33-31-35(28)29(36)26(40-31)17-22-16-18(3)34(20(22)5)24-12-10-23(32)11-13-24/h8-17,28H,6-7H2,1-5H3/b26-17-/t28-/m0/s1. The summed E-state index contributed by atoms with van der Waals surface area (Å²) in [6.45, 7) is 10.4. The van der Waals surface area contributed by atoms with E-state index in [1.165, 1.54) is 14.9 Å². The quantitative estimate of drug-likeness (QED) is 0.201. The molecule has 2 aromatic heterocycles. The highest BCUT2D eigenvalue weighted by atomic mass is 127. The number of hydrogen-bond acceptors (Lipinski definition) is 6. The van der Waals surface area contributed by atoms with Crippen molar-refractivity contribution >= 4 is 46.0 Å². The first-order valence-electron chi connectivity index (χ1n) is 13.1. The maximum atomic E-state index is 14.0. The summed E-state index contributed by atoms with van der Waals surface area (Å²) in [5.74, 6) is 0.249. The van der Waals surface area contributed by atoms with Crippen molar-refractivity contribution in [1.29, 1.82) is 0 Å². The van der Waals surface area contributed by atoms with Crippen molar-refractivity contribution in [2.45, 2.75) is 40.7 Å². The van der Waals surface area contributed by atoms with E-state index in [1.54, 1.807) is 18.4 Å². The molecule has 40 heavy (non-hydrogen) atoms. The first kappa shape index (κ1) is 28.1. The molecule has 0 bridgehead atoms. The smallest absolute Gasteiger partial charge is 0.338 e. The molecule has 2 aromatic carbocycles. The summed E-state index contributed by atoms with van der Waals surface area (Å²) < 4.78 is 16.5. The third kappa shape index (κ3) is 5.19. The lowest BCUT2D eigenvalue weighted by Crippen LogP contribution is -2.39. The second-order valence-corrected chi connectivity index (χ2v) is 11.7. The van der Waals surface area contributed by atoms with Crippen LogP contribution in [0.1, 0.15) is 49.3 Å². The van der Waals surface area contributed by atoms with Gasteiger partial charge in [-0.1, -0.05) is 23.5 Å². The molecule has 206 valence electrons. The van der Waals surface area contributed by atoms with Gasteiger partial charge >= 0.3 is 5.97 Å². The molecule has 1 atom stereocenters. The Kier molecular flexibility index (Phi) is 8.14. The third-order valence-electron chi connectivity index (χ3n) is 6.87. The summed E-state index contributed by atoms with van der Waals surface area (Å²) in [6, 6.07) is 17.3. The highest BCUT2D eigenvalue weighted by Gasteiger charge is 2.33. The van der Waals surface area contributed by atoms with Crippen molar-refractivity contribution < 1.29 is 14.3 Å². The number of hydrogen-bond donors (Lipinski definition) is 0. The molecule has 1 aliphatic rings. The Hall–Kier alpha value is -3.44. The zero-order valence-electron chi connectivity index (χ0n) is 23.0. The predicted molar refractivity (Wildman–Crippen MR) is 166 cm³/mol. The minimum absolute atomic E-state index is 0.198. The first-order chi connectivity index (χ1) is 19.2. The first-order valence-corrected chi connectivity index (χ1v) is 15.0. The van der Waals surface area contributed by atoms with Crippen LogP contribution in [0.4, 0.5) is 0 Å². The lowest BCUT2D eigenvalue weighted by molar-refractivity contribution is -0.139. The molecule has 3 heterocycles. The number of fused-ring (bicyclic) bond motifs is 1. The van der Waals surface area contributed by atoms with Crippen molar-refractivity contribution in [1.82, 2.24) is 9.13 Å². The van der Waals surface area contributed by atoms with Gasteiger partial charge in [0.05, 0.1) is 35.1 Å². The number of ether oxygens (including phenoxy) is 2. The number of aromatic nitrogens is 2. The van der Waals surface area contributed by atoms with E-state index in [2.05, 4.69) is 76.3 Å². The van der Waals surface area contributed by atoms with Crippen molar-refractivity contribution in [2.24, 2.45) is 4.99 Å². The van der Waals surface area contributed by atoms with Crippen LogP contribution in [-0.2, 0) is 9.53 Å². The van der Waals surface area contributed by atoms with Gasteiger partial charge in [-0.15, -0.1) is 0 Å². The Morgan fingerprint density at radius 2 is 1.75 bits per heavy atom. The van der Waals surface area contributed by atoms with Crippen LogP contribution in [0.2, 0.25) is 0 Å². The predicted octanol–water partition coefficient (Wildman–Crippen LogP) is 5.21. The largest absolute Gasteiger partial charge is 0.494 e. The van der Waals surface area contributed by atoms with Gasteiger partial charge in [0, 0.05) is 20.6 Å². The van der Waals surface area contributed by atoms with Crippen LogP contribution in [0.15, 0.2) is 75.7 Å². The van der Waals surface area contributed by atoms with Gasteiger partial charge in [0.15, 0.2) is 4.80 Å². The number of carbonyl (C=O) groups excluding carboxylic acids is 1. The molecule has 0 N–H and O–H groups in total. The van der Waals surface area contributed by atoms with E-state index in [0.29, 0.717) is 27.2 Å². The molecule has 0 amide bonds. The molecular formula is C31H30IN3O4S. The summed E-state index contributed by atoms with van der Waals surface area (Å²) in [4.78, 5) is 32.4. The number of rotatable bonds is 7. The lowest BCUT2D eigenvalue weighted by Gasteiger charge is -2.24. The molecule has 0 fully saturated rings. The van der Waals surface area contributed by atoms with E-state index in [1.807, 2.05) is 37.3 Å². The highest BCUT2D eigenvalue weighted by Crippen LogP contribution is 2.32. The van der Waals surface area contributed by atoms with E-state index >= 15 is 0 Å².